The van der Waals surface area contributed by atoms with E-state index in [-0.39, 0.29) is 17.2 Å². The summed E-state index contributed by atoms with van der Waals surface area (Å²) in [5, 5.41) is 2.90. The Morgan fingerprint density at radius 2 is 1.51 bits per heavy atom. The number of methoxy groups -OCH3 is 3. The van der Waals surface area contributed by atoms with Crippen molar-refractivity contribution >= 4 is 35.2 Å². The van der Waals surface area contributed by atoms with Crippen LogP contribution in [-0.2, 0) is 23.8 Å². The van der Waals surface area contributed by atoms with Crippen LogP contribution in [-0.4, -0.2) is 76.2 Å². The zero-order chi connectivity index (χ0) is 25.4. The predicted octanol–water partition coefficient (Wildman–Crippen LogP) is 2.08. The van der Waals surface area contributed by atoms with E-state index in [4.69, 9.17) is 9.47 Å². The number of rotatable bonds is 7. The molecular formula is C25H27N3O7. The number of nitrogens with zero attached hydrogens (tertiary/aromatic N) is 2. The number of carbonyl (C=O) groups is 4. The van der Waals surface area contributed by atoms with Crippen LogP contribution in [0.1, 0.15) is 20.7 Å². The van der Waals surface area contributed by atoms with E-state index in [1.807, 2.05) is 23.1 Å². The molecule has 0 saturated carbocycles. The van der Waals surface area contributed by atoms with Gasteiger partial charge in [-0.15, -0.1) is 0 Å². The third kappa shape index (κ3) is 6.17. The van der Waals surface area contributed by atoms with Gasteiger partial charge in [-0.3, -0.25) is 4.79 Å². The molecule has 0 aliphatic carbocycles. The van der Waals surface area contributed by atoms with Gasteiger partial charge >= 0.3 is 17.9 Å². The normalized spacial score (nSPS) is 13.6. The molecule has 3 rings (SSSR count). The van der Waals surface area contributed by atoms with E-state index in [2.05, 4.69) is 10.1 Å². The predicted molar refractivity (Wildman–Crippen MR) is 128 cm³/mol. The number of anilines is 2. The zero-order valence-electron chi connectivity index (χ0n) is 19.8. The van der Waals surface area contributed by atoms with Crippen molar-refractivity contribution in [3.05, 3.63) is 71.4 Å². The van der Waals surface area contributed by atoms with Crippen LogP contribution in [0, 0.1) is 0 Å². The minimum absolute atomic E-state index is 0.0429. The van der Waals surface area contributed by atoms with Gasteiger partial charge in [0.15, 0.2) is 0 Å². The van der Waals surface area contributed by atoms with Crippen molar-refractivity contribution in [3.8, 4) is 0 Å². The number of hydrogen-bond acceptors (Lipinski definition) is 9. The molecular weight excluding hydrogens is 454 g/mol. The molecule has 0 radical (unpaired) electrons. The average molecular weight is 482 g/mol. The first-order valence-corrected chi connectivity index (χ1v) is 10.8. The van der Waals surface area contributed by atoms with Crippen molar-refractivity contribution in [1.29, 1.82) is 0 Å². The Labute approximate surface area is 203 Å². The Morgan fingerprint density at radius 1 is 0.829 bits per heavy atom. The molecule has 0 atom stereocenters. The highest BCUT2D eigenvalue weighted by molar-refractivity contribution is 6.00. The van der Waals surface area contributed by atoms with Crippen LogP contribution < -0.4 is 10.2 Å². The maximum Gasteiger partial charge on any atom is 0.354 e. The molecule has 0 bridgehead atoms. The number of nitrogens with one attached hydrogen (secondary N) is 1. The molecule has 184 valence electrons. The SMILES string of the molecule is COC(=O)/C=C(/Nc1cc(C(=O)OC)ccc1N1CCN(C(=O)c2ccccc2)CC1)C(=O)OC. The van der Waals surface area contributed by atoms with E-state index in [0.717, 1.165) is 6.08 Å². The number of ether oxygens (including phenoxy) is 3. The van der Waals surface area contributed by atoms with Crippen LogP contribution in [0.4, 0.5) is 11.4 Å². The number of amides is 1. The van der Waals surface area contributed by atoms with Gasteiger partial charge in [0.2, 0.25) is 0 Å². The van der Waals surface area contributed by atoms with E-state index < -0.39 is 17.9 Å². The molecule has 2 aromatic carbocycles. The largest absolute Gasteiger partial charge is 0.466 e. The van der Waals surface area contributed by atoms with Crippen LogP contribution in [0.15, 0.2) is 60.3 Å². The summed E-state index contributed by atoms with van der Waals surface area (Å²) in [6.45, 7) is 1.99. The van der Waals surface area contributed by atoms with Gasteiger partial charge in [-0.05, 0) is 30.3 Å². The quantitative estimate of drug-likeness (QED) is 0.361. The average Bonchev–Trinajstić information content (AvgIpc) is 2.91. The Kier molecular flexibility index (Phi) is 8.44. The lowest BCUT2D eigenvalue weighted by atomic mass is 10.1. The third-order valence-electron chi connectivity index (χ3n) is 5.48. The van der Waals surface area contributed by atoms with Gasteiger partial charge < -0.3 is 29.3 Å². The number of piperazine rings is 1. The van der Waals surface area contributed by atoms with Crippen molar-refractivity contribution in [2.24, 2.45) is 0 Å². The topological polar surface area (TPSA) is 114 Å². The lowest BCUT2D eigenvalue weighted by Gasteiger charge is -2.37. The van der Waals surface area contributed by atoms with Gasteiger partial charge in [-0.2, -0.15) is 0 Å². The van der Waals surface area contributed by atoms with Gasteiger partial charge in [-0.1, -0.05) is 18.2 Å². The van der Waals surface area contributed by atoms with Crippen molar-refractivity contribution in [2.75, 3.05) is 57.7 Å². The first-order chi connectivity index (χ1) is 16.9. The number of carbonyl (C=O) groups excluding carboxylic acids is 4. The molecule has 1 fully saturated rings. The fourth-order valence-electron chi connectivity index (χ4n) is 3.65. The highest BCUT2D eigenvalue weighted by atomic mass is 16.5. The summed E-state index contributed by atoms with van der Waals surface area (Å²) in [4.78, 5) is 52.8. The summed E-state index contributed by atoms with van der Waals surface area (Å²) in [5.41, 5.74) is 1.77. The summed E-state index contributed by atoms with van der Waals surface area (Å²) in [7, 11) is 3.64. The molecule has 1 saturated heterocycles. The molecule has 0 unspecified atom stereocenters. The van der Waals surface area contributed by atoms with Gasteiger partial charge in [0, 0.05) is 31.7 Å². The van der Waals surface area contributed by atoms with Crippen LogP contribution >= 0.6 is 0 Å². The molecule has 1 heterocycles. The Hall–Kier alpha value is -4.34. The van der Waals surface area contributed by atoms with Crippen molar-refractivity contribution in [3.63, 3.8) is 0 Å². The molecule has 1 aliphatic rings. The molecule has 1 N–H and O–H groups in total. The number of hydrogen-bond donors (Lipinski definition) is 1. The smallest absolute Gasteiger partial charge is 0.354 e. The number of esters is 3. The first-order valence-electron chi connectivity index (χ1n) is 10.8. The Morgan fingerprint density at radius 3 is 2.11 bits per heavy atom. The molecule has 1 aliphatic heterocycles. The van der Waals surface area contributed by atoms with Crippen molar-refractivity contribution < 1.29 is 33.4 Å². The van der Waals surface area contributed by atoms with E-state index in [1.54, 1.807) is 29.2 Å². The lowest BCUT2D eigenvalue weighted by Crippen LogP contribution is -2.49. The minimum atomic E-state index is -0.789. The molecule has 0 aromatic heterocycles. The summed E-state index contributed by atoms with van der Waals surface area (Å²) < 4.78 is 14.2. The highest BCUT2D eigenvalue weighted by Gasteiger charge is 2.25. The molecule has 10 nitrogen and oxygen atoms in total. The molecule has 1 amide bonds. The van der Waals surface area contributed by atoms with E-state index in [9.17, 15) is 19.2 Å². The summed E-state index contributed by atoms with van der Waals surface area (Å²) in [6, 6.07) is 13.9. The van der Waals surface area contributed by atoms with Crippen LogP contribution in [0.5, 0.6) is 0 Å². The fourth-order valence-corrected chi connectivity index (χ4v) is 3.65. The molecule has 35 heavy (non-hydrogen) atoms. The van der Waals surface area contributed by atoms with Gasteiger partial charge in [-0.25, -0.2) is 14.4 Å². The van der Waals surface area contributed by atoms with Crippen LogP contribution in [0.3, 0.4) is 0 Å². The standard InChI is InChI=1S/C25H27N3O7/c1-33-22(29)16-20(25(32)35-3)26-19-15-18(24(31)34-2)9-10-21(19)27-11-13-28(14-12-27)23(30)17-7-5-4-6-8-17/h4-10,15-16,26H,11-14H2,1-3H3/b20-16+. The fraction of sp³-hybridized carbons (Fsp3) is 0.280. The Balaban J connectivity index is 1.87. The maximum absolute atomic E-state index is 12.8. The highest BCUT2D eigenvalue weighted by Crippen LogP contribution is 2.30. The summed E-state index contributed by atoms with van der Waals surface area (Å²) in [6.07, 6.45) is 0.969. The van der Waals surface area contributed by atoms with Gasteiger partial charge in [0.25, 0.3) is 5.91 Å². The molecule has 10 heteroatoms. The molecule has 2 aromatic rings. The maximum atomic E-state index is 12.8. The second kappa shape index (κ2) is 11.7. The van der Waals surface area contributed by atoms with Gasteiger partial charge in [0.05, 0.1) is 44.3 Å². The zero-order valence-corrected chi connectivity index (χ0v) is 19.8. The van der Waals surface area contributed by atoms with E-state index in [0.29, 0.717) is 43.1 Å². The van der Waals surface area contributed by atoms with Crippen LogP contribution in [0.25, 0.3) is 0 Å². The van der Waals surface area contributed by atoms with Crippen molar-refractivity contribution in [1.82, 2.24) is 4.90 Å². The monoisotopic (exact) mass is 481 g/mol. The lowest BCUT2D eigenvalue weighted by molar-refractivity contribution is -0.138. The summed E-state index contributed by atoms with van der Waals surface area (Å²) in [5.74, 6) is -2.15. The minimum Gasteiger partial charge on any atom is -0.466 e. The number of benzene rings is 2. The third-order valence-corrected chi connectivity index (χ3v) is 5.48. The van der Waals surface area contributed by atoms with E-state index >= 15 is 0 Å². The van der Waals surface area contributed by atoms with E-state index in [1.165, 1.54) is 27.4 Å². The van der Waals surface area contributed by atoms with Gasteiger partial charge in [0.1, 0.15) is 5.70 Å². The first kappa shape index (κ1) is 25.3. The Bertz CT molecular complexity index is 1120. The molecule has 0 spiro atoms. The van der Waals surface area contributed by atoms with Crippen molar-refractivity contribution in [2.45, 2.75) is 0 Å². The van der Waals surface area contributed by atoms with Crippen LogP contribution in [0.2, 0.25) is 0 Å². The second-order valence-electron chi connectivity index (χ2n) is 7.57. The second-order valence-corrected chi connectivity index (χ2v) is 7.57. The summed E-state index contributed by atoms with van der Waals surface area (Å²) >= 11 is 0.